The van der Waals surface area contributed by atoms with E-state index in [4.69, 9.17) is 15.2 Å². The second-order valence-electron chi connectivity index (χ2n) is 3.83. The summed E-state index contributed by atoms with van der Waals surface area (Å²) in [5.74, 6) is 1.56. The molecule has 1 heterocycles. The molecule has 0 atom stereocenters. The maximum atomic E-state index is 5.69. The molecule has 0 radical (unpaired) electrons. The molecular weight excluding hydrogens is 228 g/mol. The van der Waals surface area contributed by atoms with Crippen LogP contribution in [0.3, 0.4) is 0 Å². The van der Waals surface area contributed by atoms with Gasteiger partial charge in [-0.3, -0.25) is 4.98 Å². The Kier molecular flexibility index (Phi) is 4.15. The lowest BCUT2D eigenvalue weighted by atomic mass is 10.2. The Labute approximate surface area is 106 Å². The number of aromatic nitrogens is 1. The van der Waals surface area contributed by atoms with Gasteiger partial charge in [0.2, 0.25) is 0 Å². The second-order valence-corrected chi connectivity index (χ2v) is 3.83. The third-order valence-electron chi connectivity index (χ3n) is 2.54. The van der Waals surface area contributed by atoms with Gasteiger partial charge in [0.25, 0.3) is 0 Å². The molecule has 0 spiro atoms. The zero-order chi connectivity index (χ0) is 12.8. The van der Waals surface area contributed by atoms with Crippen molar-refractivity contribution in [3.05, 3.63) is 53.9 Å². The van der Waals surface area contributed by atoms with Crippen LogP contribution in [0.1, 0.15) is 11.3 Å². The Morgan fingerprint density at radius 2 is 2.00 bits per heavy atom. The minimum atomic E-state index is 0.437. The quantitative estimate of drug-likeness (QED) is 0.875. The van der Waals surface area contributed by atoms with Crippen LogP contribution in [-0.4, -0.2) is 12.1 Å². The molecule has 0 amide bonds. The molecule has 1 aromatic heterocycles. The number of ether oxygens (including phenoxy) is 2. The molecule has 0 aliphatic carbocycles. The fourth-order valence-corrected chi connectivity index (χ4v) is 1.59. The number of pyridine rings is 1. The van der Waals surface area contributed by atoms with Crippen LogP contribution in [0.4, 0.5) is 0 Å². The van der Waals surface area contributed by atoms with Crippen LogP contribution >= 0.6 is 0 Å². The van der Waals surface area contributed by atoms with Gasteiger partial charge in [-0.15, -0.1) is 0 Å². The van der Waals surface area contributed by atoms with Crippen molar-refractivity contribution in [2.24, 2.45) is 5.73 Å². The van der Waals surface area contributed by atoms with Crippen molar-refractivity contribution in [2.75, 3.05) is 7.11 Å². The van der Waals surface area contributed by atoms with Crippen molar-refractivity contribution < 1.29 is 9.47 Å². The van der Waals surface area contributed by atoms with Gasteiger partial charge in [0.1, 0.15) is 18.1 Å². The summed E-state index contributed by atoms with van der Waals surface area (Å²) in [6, 6.07) is 11.4. The number of hydrogen-bond donors (Lipinski definition) is 1. The summed E-state index contributed by atoms with van der Waals surface area (Å²) in [6.45, 7) is 0.926. The third-order valence-corrected chi connectivity index (χ3v) is 2.54. The van der Waals surface area contributed by atoms with Crippen LogP contribution in [-0.2, 0) is 13.2 Å². The van der Waals surface area contributed by atoms with E-state index in [2.05, 4.69) is 4.98 Å². The summed E-state index contributed by atoms with van der Waals surface area (Å²) in [5, 5.41) is 0. The predicted octanol–water partition coefficient (Wildman–Crippen LogP) is 2.13. The average Bonchev–Trinajstić information content (AvgIpc) is 2.45. The monoisotopic (exact) mass is 244 g/mol. The smallest absolute Gasteiger partial charge is 0.123 e. The molecule has 18 heavy (non-hydrogen) atoms. The molecule has 2 N–H and O–H groups in total. The van der Waals surface area contributed by atoms with Gasteiger partial charge in [0, 0.05) is 18.8 Å². The van der Waals surface area contributed by atoms with E-state index in [1.54, 1.807) is 13.3 Å². The van der Waals surface area contributed by atoms with Crippen molar-refractivity contribution in [3.63, 3.8) is 0 Å². The third kappa shape index (κ3) is 3.21. The van der Waals surface area contributed by atoms with Gasteiger partial charge in [-0.2, -0.15) is 0 Å². The highest BCUT2D eigenvalue weighted by molar-refractivity contribution is 5.33. The Hall–Kier alpha value is -2.07. The van der Waals surface area contributed by atoms with Crippen LogP contribution in [0.25, 0.3) is 0 Å². The molecule has 0 fully saturated rings. The Morgan fingerprint density at radius 1 is 1.17 bits per heavy atom. The fraction of sp³-hybridized carbons (Fsp3) is 0.214. The second kappa shape index (κ2) is 6.02. The topological polar surface area (TPSA) is 57.4 Å². The van der Waals surface area contributed by atoms with Crippen molar-refractivity contribution >= 4 is 0 Å². The summed E-state index contributed by atoms with van der Waals surface area (Å²) in [4.78, 5) is 4.14. The molecule has 4 nitrogen and oxygen atoms in total. The zero-order valence-electron chi connectivity index (χ0n) is 10.3. The van der Waals surface area contributed by atoms with Gasteiger partial charge in [0.05, 0.1) is 12.8 Å². The maximum absolute atomic E-state index is 5.69. The molecule has 0 unspecified atom stereocenters. The van der Waals surface area contributed by atoms with Crippen molar-refractivity contribution in [1.82, 2.24) is 4.98 Å². The number of nitrogens with two attached hydrogens (primary N) is 1. The van der Waals surface area contributed by atoms with E-state index in [1.807, 2.05) is 36.4 Å². The van der Waals surface area contributed by atoms with Crippen LogP contribution in [0.15, 0.2) is 42.6 Å². The number of hydrogen-bond acceptors (Lipinski definition) is 4. The molecule has 0 saturated heterocycles. The Balaban J connectivity index is 2.01. The molecule has 94 valence electrons. The summed E-state index contributed by atoms with van der Waals surface area (Å²) >= 11 is 0. The molecule has 2 rings (SSSR count). The number of nitrogens with zero attached hydrogens (tertiary/aromatic N) is 1. The molecular formula is C14H16N2O2. The summed E-state index contributed by atoms with van der Waals surface area (Å²) in [5.41, 5.74) is 7.46. The molecule has 4 heteroatoms. The van der Waals surface area contributed by atoms with Crippen LogP contribution in [0.2, 0.25) is 0 Å². The van der Waals surface area contributed by atoms with E-state index in [0.29, 0.717) is 13.2 Å². The summed E-state index contributed by atoms with van der Waals surface area (Å²) in [6.07, 6.45) is 1.74. The minimum Gasteiger partial charge on any atom is -0.497 e. The van der Waals surface area contributed by atoms with Gasteiger partial charge in [-0.1, -0.05) is 6.07 Å². The van der Waals surface area contributed by atoms with E-state index >= 15 is 0 Å². The molecule has 2 aromatic rings. The average molecular weight is 244 g/mol. The lowest BCUT2D eigenvalue weighted by molar-refractivity contribution is 0.303. The molecule has 0 aliphatic rings. The molecule has 0 saturated carbocycles. The first-order valence-electron chi connectivity index (χ1n) is 5.72. The van der Waals surface area contributed by atoms with Crippen molar-refractivity contribution in [2.45, 2.75) is 13.2 Å². The number of methoxy groups -OCH3 is 1. The molecule has 1 aromatic carbocycles. The van der Waals surface area contributed by atoms with Crippen LogP contribution < -0.4 is 15.2 Å². The SMILES string of the molecule is COc1cccc(OCc2ccnc(CN)c2)c1. The first-order valence-corrected chi connectivity index (χ1v) is 5.72. The zero-order valence-corrected chi connectivity index (χ0v) is 10.3. The van der Waals surface area contributed by atoms with E-state index in [9.17, 15) is 0 Å². The summed E-state index contributed by atoms with van der Waals surface area (Å²) < 4.78 is 10.8. The largest absolute Gasteiger partial charge is 0.497 e. The van der Waals surface area contributed by atoms with E-state index in [0.717, 1.165) is 22.8 Å². The highest BCUT2D eigenvalue weighted by Crippen LogP contribution is 2.19. The van der Waals surface area contributed by atoms with Crippen LogP contribution in [0, 0.1) is 0 Å². The Bertz CT molecular complexity index is 467. The lowest BCUT2D eigenvalue weighted by Crippen LogP contribution is -2.02. The Morgan fingerprint density at radius 3 is 2.78 bits per heavy atom. The molecule has 0 bridgehead atoms. The fourth-order valence-electron chi connectivity index (χ4n) is 1.59. The van der Waals surface area contributed by atoms with E-state index in [-0.39, 0.29) is 0 Å². The van der Waals surface area contributed by atoms with Crippen molar-refractivity contribution in [1.29, 1.82) is 0 Å². The van der Waals surface area contributed by atoms with Gasteiger partial charge in [0.15, 0.2) is 0 Å². The van der Waals surface area contributed by atoms with Gasteiger partial charge >= 0.3 is 0 Å². The van der Waals surface area contributed by atoms with Crippen LogP contribution in [0.5, 0.6) is 11.5 Å². The number of benzene rings is 1. The normalized spacial score (nSPS) is 10.1. The van der Waals surface area contributed by atoms with E-state index < -0.39 is 0 Å². The summed E-state index contributed by atoms with van der Waals surface area (Å²) in [7, 11) is 1.63. The standard InChI is InChI=1S/C14H16N2O2/c1-17-13-3-2-4-14(8-13)18-10-11-5-6-16-12(7-11)9-15/h2-8H,9-10,15H2,1H3. The lowest BCUT2D eigenvalue weighted by Gasteiger charge is -2.08. The highest BCUT2D eigenvalue weighted by atomic mass is 16.5. The number of rotatable bonds is 5. The van der Waals surface area contributed by atoms with Gasteiger partial charge in [-0.25, -0.2) is 0 Å². The van der Waals surface area contributed by atoms with E-state index in [1.165, 1.54) is 0 Å². The first kappa shape index (κ1) is 12.4. The first-order chi connectivity index (χ1) is 8.81. The van der Waals surface area contributed by atoms with Gasteiger partial charge < -0.3 is 15.2 Å². The highest BCUT2D eigenvalue weighted by Gasteiger charge is 1.99. The van der Waals surface area contributed by atoms with Gasteiger partial charge in [-0.05, 0) is 29.8 Å². The maximum Gasteiger partial charge on any atom is 0.123 e. The predicted molar refractivity (Wildman–Crippen MR) is 69.5 cm³/mol. The molecule has 0 aliphatic heterocycles. The van der Waals surface area contributed by atoms with Crippen molar-refractivity contribution in [3.8, 4) is 11.5 Å². The minimum absolute atomic E-state index is 0.437.